The fourth-order valence-electron chi connectivity index (χ4n) is 2.15. The van der Waals surface area contributed by atoms with Gasteiger partial charge < -0.3 is 19.5 Å². The van der Waals surface area contributed by atoms with Crippen LogP contribution in [0.15, 0.2) is 36.4 Å². The maximum absolute atomic E-state index is 13.1. The van der Waals surface area contributed by atoms with Crippen molar-refractivity contribution in [3.63, 3.8) is 0 Å². The Kier molecular flexibility index (Phi) is 6.26. The third-order valence-corrected chi connectivity index (χ3v) is 3.36. The van der Waals surface area contributed by atoms with Crippen molar-refractivity contribution < 1.29 is 33.1 Å². The molecule has 0 aliphatic heterocycles. The van der Waals surface area contributed by atoms with E-state index in [1.165, 1.54) is 32.4 Å². The van der Waals surface area contributed by atoms with Crippen LogP contribution in [0.1, 0.15) is 10.4 Å². The predicted octanol–water partition coefficient (Wildman–Crippen LogP) is 2.55. The van der Waals surface area contributed by atoms with Crippen LogP contribution < -0.4 is 14.8 Å². The summed E-state index contributed by atoms with van der Waals surface area (Å²) in [5.74, 6) is -2.25. The van der Waals surface area contributed by atoms with Crippen molar-refractivity contribution in [3.8, 4) is 11.5 Å². The van der Waals surface area contributed by atoms with Crippen molar-refractivity contribution in [2.24, 2.45) is 0 Å². The molecule has 1 amide bonds. The van der Waals surface area contributed by atoms with Gasteiger partial charge in [-0.05, 0) is 18.2 Å². The maximum Gasteiger partial charge on any atom is 0.345 e. The van der Waals surface area contributed by atoms with E-state index in [0.717, 1.165) is 18.2 Å². The summed E-state index contributed by atoms with van der Waals surface area (Å²) < 4.78 is 27.9. The minimum absolute atomic E-state index is 0.0598. The van der Waals surface area contributed by atoms with Gasteiger partial charge in [-0.3, -0.25) is 14.9 Å². The van der Waals surface area contributed by atoms with Gasteiger partial charge in [-0.1, -0.05) is 6.07 Å². The number of rotatable bonds is 7. The lowest BCUT2D eigenvalue weighted by molar-refractivity contribution is -0.385. The fraction of sp³-hybridized carbons (Fsp3) is 0.176. The van der Waals surface area contributed by atoms with Gasteiger partial charge in [0.1, 0.15) is 11.4 Å². The molecule has 2 aromatic carbocycles. The quantitative estimate of drug-likeness (QED) is 0.447. The third-order valence-electron chi connectivity index (χ3n) is 3.36. The average Bonchev–Trinajstić information content (AvgIpc) is 2.64. The minimum Gasteiger partial charge on any atom is -0.493 e. The maximum atomic E-state index is 13.1. The topological polar surface area (TPSA) is 117 Å². The molecular formula is C17H15FN2O7. The number of nitrogens with zero attached hydrogens (tertiary/aromatic N) is 1. The molecule has 2 rings (SSSR count). The fourth-order valence-corrected chi connectivity index (χ4v) is 2.15. The lowest BCUT2D eigenvalue weighted by atomic mass is 10.1. The average molecular weight is 378 g/mol. The number of methoxy groups -OCH3 is 2. The summed E-state index contributed by atoms with van der Waals surface area (Å²) in [7, 11) is 2.58. The van der Waals surface area contributed by atoms with E-state index in [1.807, 2.05) is 0 Å². The molecule has 10 heteroatoms. The van der Waals surface area contributed by atoms with Crippen molar-refractivity contribution in [1.82, 2.24) is 0 Å². The first-order chi connectivity index (χ1) is 12.8. The second-order valence-corrected chi connectivity index (χ2v) is 5.12. The monoisotopic (exact) mass is 378 g/mol. The molecule has 142 valence electrons. The van der Waals surface area contributed by atoms with Crippen molar-refractivity contribution in [3.05, 3.63) is 57.9 Å². The lowest BCUT2D eigenvalue weighted by Gasteiger charge is -2.10. The molecule has 9 nitrogen and oxygen atoms in total. The Bertz CT molecular complexity index is 886. The van der Waals surface area contributed by atoms with Gasteiger partial charge in [-0.2, -0.15) is 0 Å². The predicted molar refractivity (Wildman–Crippen MR) is 91.5 cm³/mol. The van der Waals surface area contributed by atoms with E-state index in [2.05, 4.69) is 5.32 Å². The number of hydrogen-bond acceptors (Lipinski definition) is 7. The summed E-state index contributed by atoms with van der Waals surface area (Å²) in [6, 6.07) is 7.22. The van der Waals surface area contributed by atoms with Crippen molar-refractivity contribution in [2.75, 3.05) is 26.1 Å². The number of nitro groups is 1. The molecule has 0 aromatic heterocycles. The van der Waals surface area contributed by atoms with Gasteiger partial charge in [0, 0.05) is 11.8 Å². The molecular weight excluding hydrogens is 363 g/mol. The first-order valence-corrected chi connectivity index (χ1v) is 7.48. The number of esters is 1. The number of halogens is 1. The first kappa shape index (κ1) is 19.6. The van der Waals surface area contributed by atoms with E-state index >= 15 is 0 Å². The highest BCUT2D eigenvalue weighted by molar-refractivity contribution is 5.98. The van der Waals surface area contributed by atoms with Gasteiger partial charge in [0.2, 0.25) is 0 Å². The Balaban J connectivity index is 2.12. The van der Waals surface area contributed by atoms with Crippen LogP contribution in [-0.4, -0.2) is 37.6 Å². The summed E-state index contributed by atoms with van der Waals surface area (Å²) >= 11 is 0. The number of benzene rings is 2. The Morgan fingerprint density at radius 3 is 2.41 bits per heavy atom. The molecule has 0 fully saturated rings. The number of nitrogens with one attached hydrogen (secondary N) is 1. The van der Waals surface area contributed by atoms with E-state index in [4.69, 9.17) is 14.2 Å². The normalized spacial score (nSPS) is 10.0. The smallest absolute Gasteiger partial charge is 0.345 e. The number of hydrogen-bond donors (Lipinski definition) is 1. The first-order valence-electron chi connectivity index (χ1n) is 7.48. The van der Waals surface area contributed by atoms with E-state index in [9.17, 15) is 24.1 Å². The standard InChI is InChI=1S/C17H15FN2O7/c1-25-14-7-12(13(20(23)24)8-15(14)26-2)17(22)27-9-16(21)19-11-5-3-4-10(18)6-11/h3-8H,9H2,1-2H3,(H,19,21). The van der Waals surface area contributed by atoms with Gasteiger partial charge in [0.25, 0.3) is 11.6 Å². The van der Waals surface area contributed by atoms with Crippen LogP contribution in [-0.2, 0) is 9.53 Å². The summed E-state index contributed by atoms with van der Waals surface area (Å²) in [5, 5.41) is 13.5. The van der Waals surface area contributed by atoms with Gasteiger partial charge in [-0.25, -0.2) is 9.18 Å². The highest BCUT2D eigenvalue weighted by Crippen LogP contribution is 2.34. The van der Waals surface area contributed by atoms with Gasteiger partial charge in [0.05, 0.1) is 25.2 Å². The SMILES string of the molecule is COc1cc(C(=O)OCC(=O)Nc2cccc(F)c2)c([N+](=O)[O-])cc1OC. The molecule has 27 heavy (non-hydrogen) atoms. The Morgan fingerprint density at radius 2 is 1.81 bits per heavy atom. The van der Waals surface area contributed by atoms with Gasteiger partial charge in [-0.15, -0.1) is 0 Å². The van der Waals surface area contributed by atoms with E-state index in [1.54, 1.807) is 0 Å². The Morgan fingerprint density at radius 1 is 1.15 bits per heavy atom. The molecule has 0 spiro atoms. The van der Waals surface area contributed by atoms with Crippen LogP contribution in [0.25, 0.3) is 0 Å². The zero-order chi connectivity index (χ0) is 20.0. The zero-order valence-corrected chi connectivity index (χ0v) is 14.4. The summed E-state index contributed by atoms with van der Waals surface area (Å²) in [4.78, 5) is 34.4. The van der Waals surface area contributed by atoms with Crippen LogP contribution in [0.5, 0.6) is 11.5 Å². The molecule has 0 saturated heterocycles. The van der Waals surface area contributed by atoms with E-state index in [-0.39, 0.29) is 17.2 Å². The number of amides is 1. The van der Waals surface area contributed by atoms with Gasteiger partial charge in [0.15, 0.2) is 18.1 Å². The summed E-state index contributed by atoms with van der Waals surface area (Å²) in [6.07, 6.45) is 0. The molecule has 0 aliphatic carbocycles. The second kappa shape index (κ2) is 8.61. The molecule has 0 heterocycles. The number of nitro benzene ring substituents is 1. The van der Waals surface area contributed by atoms with Gasteiger partial charge >= 0.3 is 5.97 Å². The van der Waals surface area contributed by atoms with Crippen LogP contribution >= 0.6 is 0 Å². The number of carbonyl (C=O) groups is 2. The highest BCUT2D eigenvalue weighted by atomic mass is 19.1. The Labute approximate surface area is 152 Å². The van der Waals surface area contributed by atoms with E-state index in [0.29, 0.717) is 0 Å². The number of ether oxygens (including phenoxy) is 3. The highest BCUT2D eigenvalue weighted by Gasteiger charge is 2.26. The molecule has 0 saturated carbocycles. The third kappa shape index (κ3) is 4.91. The van der Waals surface area contributed by atoms with Crippen molar-refractivity contribution in [1.29, 1.82) is 0 Å². The number of carbonyl (C=O) groups excluding carboxylic acids is 2. The second-order valence-electron chi connectivity index (χ2n) is 5.12. The van der Waals surface area contributed by atoms with Crippen LogP contribution in [0.4, 0.5) is 15.8 Å². The van der Waals surface area contributed by atoms with Crippen LogP contribution in [0.2, 0.25) is 0 Å². The van der Waals surface area contributed by atoms with E-state index < -0.39 is 40.5 Å². The molecule has 2 aromatic rings. The lowest BCUT2D eigenvalue weighted by Crippen LogP contribution is -2.21. The van der Waals surface area contributed by atoms with Crippen molar-refractivity contribution >= 4 is 23.3 Å². The molecule has 0 radical (unpaired) electrons. The largest absolute Gasteiger partial charge is 0.493 e. The Hall–Kier alpha value is -3.69. The molecule has 1 N–H and O–H groups in total. The van der Waals surface area contributed by atoms with Crippen molar-refractivity contribution in [2.45, 2.75) is 0 Å². The zero-order valence-electron chi connectivity index (χ0n) is 14.4. The molecule has 0 bridgehead atoms. The van der Waals surface area contributed by atoms with Crippen LogP contribution in [0.3, 0.4) is 0 Å². The molecule has 0 unspecified atom stereocenters. The van der Waals surface area contributed by atoms with Crippen LogP contribution in [0, 0.1) is 15.9 Å². The molecule has 0 atom stereocenters. The summed E-state index contributed by atoms with van der Waals surface area (Å²) in [5.41, 5.74) is -0.799. The minimum atomic E-state index is -1.10. The molecule has 0 aliphatic rings. The number of anilines is 1. The summed E-state index contributed by atoms with van der Waals surface area (Å²) in [6.45, 7) is -0.721.